The molecule has 0 aromatic carbocycles. The Kier molecular flexibility index (Phi) is 5.06. The van der Waals surface area contributed by atoms with Crippen LogP contribution in [0.5, 0.6) is 0 Å². The highest BCUT2D eigenvalue weighted by Gasteiger charge is 2.24. The fraction of sp³-hybridized carbons (Fsp3) is 0.917. The van der Waals surface area contributed by atoms with Gasteiger partial charge in [-0.1, -0.05) is 20.8 Å². The lowest BCUT2D eigenvalue weighted by atomic mass is 9.85. The fourth-order valence-corrected chi connectivity index (χ4v) is 2.09. The number of nitrogens with one attached hydrogen (secondary N) is 1. The predicted molar refractivity (Wildman–Crippen MR) is 69.1 cm³/mol. The maximum atomic E-state index is 5.54. The van der Waals surface area contributed by atoms with Gasteiger partial charge in [-0.25, -0.2) is 5.84 Å². The van der Waals surface area contributed by atoms with Gasteiger partial charge in [0.25, 0.3) is 0 Å². The summed E-state index contributed by atoms with van der Waals surface area (Å²) >= 11 is 0. The zero-order valence-electron chi connectivity index (χ0n) is 10.9. The average Bonchev–Trinajstić information content (AvgIpc) is 2.41. The van der Waals surface area contributed by atoms with Crippen LogP contribution in [0.25, 0.3) is 0 Å². The second-order valence-electron chi connectivity index (χ2n) is 5.35. The van der Waals surface area contributed by atoms with Gasteiger partial charge in [0.05, 0.1) is 0 Å². The van der Waals surface area contributed by atoms with E-state index in [-0.39, 0.29) is 0 Å². The molecule has 0 bridgehead atoms. The molecule has 1 rings (SSSR count). The molecule has 1 fully saturated rings. The van der Waals surface area contributed by atoms with Gasteiger partial charge >= 0.3 is 0 Å². The standard InChI is InChI=1S/C12H26N4/c1-4-8-14-11(15-13)16-9-5-6-12(2,3)7-10-16/h4-10,13H2,1-3H3,(H,14,15). The average molecular weight is 226 g/mol. The number of likely N-dealkylation sites (tertiary alicyclic amines) is 1. The zero-order chi connectivity index (χ0) is 12.0. The van der Waals surface area contributed by atoms with Crippen molar-refractivity contribution in [1.29, 1.82) is 0 Å². The van der Waals surface area contributed by atoms with E-state index in [1.54, 1.807) is 0 Å². The molecule has 1 aliphatic heterocycles. The van der Waals surface area contributed by atoms with Crippen molar-refractivity contribution < 1.29 is 0 Å². The second kappa shape index (κ2) is 6.09. The number of hydrogen-bond acceptors (Lipinski definition) is 2. The van der Waals surface area contributed by atoms with Crippen LogP contribution >= 0.6 is 0 Å². The minimum Gasteiger partial charge on any atom is -0.342 e. The first-order chi connectivity index (χ1) is 7.59. The molecule has 0 amide bonds. The minimum atomic E-state index is 0.458. The molecule has 0 aromatic rings. The lowest BCUT2D eigenvalue weighted by Gasteiger charge is -2.25. The van der Waals surface area contributed by atoms with Gasteiger partial charge in [-0.15, -0.1) is 0 Å². The zero-order valence-corrected chi connectivity index (χ0v) is 10.9. The number of hydrogen-bond donors (Lipinski definition) is 2. The third-order valence-corrected chi connectivity index (χ3v) is 3.25. The van der Waals surface area contributed by atoms with Gasteiger partial charge in [-0.3, -0.25) is 10.4 Å². The highest BCUT2D eigenvalue weighted by molar-refractivity contribution is 5.79. The predicted octanol–water partition coefficient (Wildman–Crippen LogP) is 1.73. The Hall–Kier alpha value is -0.770. The quantitative estimate of drug-likeness (QED) is 0.326. The van der Waals surface area contributed by atoms with E-state index in [2.05, 4.69) is 36.1 Å². The normalized spacial score (nSPS) is 21.8. The summed E-state index contributed by atoms with van der Waals surface area (Å²) in [6.07, 6.45) is 4.78. The Morgan fingerprint density at radius 2 is 2.12 bits per heavy atom. The topological polar surface area (TPSA) is 53.6 Å². The minimum absolute atomic E-state index is 0.458. The van der Waals surface area contributed by atoms with E-state index >= 15 is 0 Å². The van der Waals surface area contributed by atoms with E-state index in [0.717, 1.165) is 32.0 Å². The van der Waals surface area contributed by atoms with Crippen LogP contribution < -0.4 is 11.3 Å². The number of rotatable bonds is 2. The summed E-state index contributed by atoms with van der Waals surface area (Å²) in [6, 6.07) is 0. The molecule has 1 heterocycles. The lowest BCUT2D eigenvalue weighted by molar-refractivity contribution is 0.312. The third-order valence-electron chi connectivity index (χ3n) is 3.25. The molecule has 3 N–H and O–H groups in total. The Morgan fingerprint density at radius 1 is 1.38 bits per heavy atom. The first-order valence-electron chi connectivity index (χ1n) is 6.35. The van der Waals surface area contributed by atoms with Crippen molar-refractivity contribution in [1.82, 2.24) is 10.3 Å². The monoisotopic (exact) mass is 226 g/mol. The van der Waals surface area contributed by atoms with Crippen molar-refractivity contribution in [2.75, 3.05) is 19.6 Å². The van der Waals surface area contributed by atoms with Gasteiger partial charge in [-0.05, 0) is 31.1 Å². The Balaban J connectivity index is 2.58. The number of nitrogens with zero attached hydrogens (tertiary/aromatic N) is 2. The lowest BCUT2D eigenvalue weighted by Crippen LogP contribution is -2.45. The van der Waals surface area contributed by atoms with Crippen molar-refractivity contribution in [3.05, 3.63) is 0 Å². The largest absolute Gasteiger partial charge is 0.342 e. The van der Waals surface area contributed by atoms with E-state index in [4.69, 9.17) is 5.84 Å². The van der Waals surface area contributed by atoms with Crippen molar-refractivity contribution in [3.63, 3.8) is 0 Å². The number of nitrogens with two attached hydrogens (primary N) is 1. The molecule has 0 radical (unpaired) electrons. The number of guanidine groups is 1. The van der Waals surface area contributed by atoms with Crippen molar-refractivity contribution in [3.8, 4) is 0 Å². The summed E-state index contributed by atoms with van der Waals surface area (Å²) in [7, 11) is 0. The highest BCUT2D eigenvalue weighted by atomic mass is 15.4. The van der Waals surface area contributed by atoms with Crippen molar-refractivity contribution in [2.45, 2.75) is 46.5 Å². The highest BCUT2D eigenvalue weighted by Crippen LogP contribution is 2.29. The fourth-order valence-electron chi connectivity index (χ4n) is 2.09. The van der Waals surface area contributed by atoms with Gasteiger partial charge in [0, 0.05) is 19.6 Å². The molecule has 0 saturated carbocycles. The van der Waals surface area contributed by atoms with Gasteiger partial charge < -0.3 is 4.90 Å². The molecule has 0 unspecified atom stereocenters. The molecular formula is C12H26N4. The van der Waals surface area contributed by atoms with Crippen LogP contribution in [0.1, 0.15) is 46.5 Å². The Bertz CT molecular complexity index is 235. The van der Waals surface area contributed by atoms with Gasteiger partial charge in [0.1, 0.15) is 0 Å². The summed E-state index contributed by atoms with van der Waals surface area (Å²) in [5.74, 6) is 6.40. The molecule has 0 aromatic heterocycles. The van der Waals surface area contributed by atoms with E-state index < -0.39 is 0 Å². The molecule has 16 heavy (non-hydrogen) atoms. The van der Waals surface area contributed by atoms with Crippen LogP contribution in [-0.4, -0.2) is 30.5 Å². The smallest absolute Gasteiger partial charge is 0.208 e. The summed E-state index contributed by atoms with van der Waals surface area (Å²) in [5, 5.41) is 0. The summed E-state index contributed by atoms with van der Waals surface area (Å²) in [6.45, 7) is 9.78. The molecule has 0 aliphatic carbocycles. The second-order valence-corrected chi connectivity index (χ2v) is 5.35. The van der Waals surface area contributed by atoms with Crippen LogP contribution in [0.2, 0.25) is 0 Å². The van der Waals surface area contributed by atoms with Gasteiger partial charge in [-0.2, -0.15) is 0 Å². The molecule has 94 valence electrons. The van der Waals surface area contributed by atoms with Crippen LogP contribution in [-0.2, 0) is 0 Å². The van der Waals surface area contributed by atoms with Gasteiger partial charge in [0.2, 0.25) is 5.96 Å². The maximum absolute atomic E-state index is 5.54. The van der Waals surface area contributed by atoms with Crippen LogP contribution in [0.3, 0.4) is 0 Å². The molecule has 4 nitrogen and oxygen atoms in total. The first-order valence-corrected chi connectivity index (χ1v) is 6.35. The number of hydrazine groups is 1. The van der Waals surface area contributed by atoms with Crippen LogP contribution in [0.4, 0.5) is 0 Å². The van der Waals surface area contributed by atoms with E-state index in [1.165, 1.54) is 19.3 Å². The molecule has 4 heteroatoms. The van der Waals surface area contributed by atoms with Crippen LogP contribution in [0, 0.1) is 5.41 Å². The van der Waals surface area contributed by atoms with Crippen molar-refractivity contribution >= 4 is 5.96 Å². The summed E-state index contributed by atoms with van der Waals surface area (Å²) in [5.41, 5.74) is 3.20. The molecule has 1 saturated heterocycles. The van der Waals surface area contributed by atoms with E-state index in [1.807, 2.05) is 0 Å². The Labute approximate surface area is 99.3 Å². The number of aliphatic imine (C=N–C) groups is 1. The summed E-state index contributed by atoms with van der Waals surface area (Å²) in [4.78, 5) is 6.76. The molecular weight excluding hydrogens is 200 g/mol. The maximum Gasteiger partial charge on any atom is 0.208 e. The Morgan fingerprint density at radius 3 is 2.75 bits per heavy atom. The van der Waals surface area contributed by atoms with Crippen molar-refractivity contribution in [2.24, 2.45) is 16.3 Å². The SMILES string of the molecule is CCCN=C(NN)N1CCCC(C)(C)CC1. The first kappa shape index (κ1) is 13.3. The molecule has 0 atom stereocenters. The third kappa shape index (κ3) is 4.00. The summed E-state index contributed by atoms with van der Waals surface area (Å²) < 4.78 is 0. The van der Waals surface area contributed by atoms with Crippen LogP contribution in [0.15, 0.2) is 4.99 Å². The van der Waals surface area contributed by atoms with E-state index in [0.29, 0.717) is 5.41 Å². The molecule has 1 aliphatic rings. The van der Waals surface area contributed by atoms with Gasteiger partial charge in [0.15, 0.2) is 0 Å². The van der Waals surface area contributed by atoms with E-state index in [9.17, 15) is 0 Å². The molecule has 0 spiro atoms.